The maximum atomic E-state index is 13.7. The van der Waals surface area contributed by atoms with Crippen LogP contribution in [0.4, 0.5) is 0 Å². The van der Waals surface area contributed by atoms with E-state index >= 15 is 0 Å². The zero-order valence-electron chi connectivity index (χ0n) is 18.0. The summed E-state index contributed by atoms with van der Waals surface area (Å²) in [7, 11) is 1.38. The molecule has 3 aliphatic rings. The maximum Gasteiger partial charge on any atom is 0.310 e. The molecule has 7 nitrogen and oxygen atoms in total. The molecule has 3 fully saturated rings. The van der Waals surface area contributed by atoms with E-state index in [4.69, 9.17) is 18.6 Å². The van der Waals surface area contributed by atoms with Crippen LogP contribution in [0.3, 0.4) is 0 Å². The van der Waals surface area contributed by atoms with Gasteiger partial charge in [0.15, 0.2) is 5.78 Å². The Bertz CT molecular complexity index is 831. The Morgan fingerprint density at radius 3 is 2.67 bits per heavy atom. The van der Waals surface area contributed by atoms with Gasteiger partial charge in [-0.15, -0.1) is 0 Å². The minimum absolute atomic E-state index is 0.00709. The second-order valence-corrected chi connectivity index (χ2v) is 9.38. The number of carbonyl (C=O) groups is 3. The smallest absolute Gasteiger partial charge is 0.310 e. The van der Waals surface area contributed by atoms with Crippen molar-refractivity contribution in [1.29, 1.82) is 0 Å². The van der Waals surface area contributed by atoms with E-state index in [1.54, 1.807) is 18.6 Å². The van der Waals surface area contributed by atoms with E-state index in [1.807, 2.05) is 20.8 Å². The van der Waals surface area contributed by atoms with Crippen molar-refractivity contribution in [1.82, 2.24) is 0 Å². The summed E-state index contributed by atoms with van der Waals surface area (Å²) in [5.74, 6) is -1.94. The fourth-order valence-corrected chi connectivity index (χ4v) is 6.51. The molecule has 1 aromatic rings. The number of furan rings is 1. The highest BCUT2D eigenvalue weighted by Crippen LogP contribution is 2.65. The highest BCUT2D eigenvalue weighted by molar-refractivity contribution is 5.92. The Hall–Kier alpha value is -2.15. The minimum Gasteiger partial charge on any atom is -0.472 e. The Balaban J connectivity index is 1.79. The first-order valence-electron chi connectivity index (χ1n) is 10.7. The number of methoxy groups -OCH3 is 1. The lowest BCUT2D eigenvalue weighted by Gasteiger charge is -2.61. The molecule has 1 saturated heterocycles. The Morgan fingerprint density at radius 1 is 1.27 bits per heavy atom. The molecule has 7 heteroatoms. The summed E-state index contributed by atoms with van der Waals surface area (Å²) < 4.78 is 21.8. The summed E-state index contributed by atoms with van der Waals surface area (Å²) in [6.07, 6.45) is 3.98. The predicted octanol–water partition coefficient (Wildman–Crippen LogP) is 3.47. The summed E-state index contributed by atoms with van der Waals surface area (Å²) in [5, 5.41) is 0. The average molecular weight is 418 g/mol. The third kappa shape index (κ3) is 3.01. The number of ketones is 1. The van der Waals surface area contributed by atoms with Crippen molar-refractivity contribution in [3.8, 4) is 0 Å². The third-order valence-electron chi connectivity index (χ3n) is 7.87. The first kappa shape index (κ1) is 21.1. The van der Waals surface area contributed by atoms with Crippen molar-refractivity contribution in [3.05, 3.63) is 24.2 Å². The maximum absolute atomic E-state index is 13.7. The molecule has 1 aliphatic heterocycles. The van der Waals surface area contributed by atoms with Gasteiger partial charge in [0.2, 0.25) is 0 Å². The van der Waals surface area contributed by atoms with Gasteiger partial charge in [-0.3, -0.25) is 14.4 Å². The lowest BCUT2D eigenvalue weighted by molar-refractivity contribution is -0.209. The highest BCUT2D eigenvalue weighted by Gasteiger charge is 2.67. The van der Waals surface area contributed by atoms with E-state index in [0.717, 1.165) is 5.56 Å². The molecule has 30 heavy (non-hydrogen) atoms. The van der Waals surface area contributed by atoms with Gasteiger partial charge < -0.3 is 18.6 Å². The number of cyclic esters (lactones) is 1. The monoisotopic (exact) mass is 418 g/mol. The SMILES string of the molecule is CCO[C@@H]1C[C@@H](C(=O)OC)[C@]2(C)CC[C@H]3C(=O)O[C@H](c4ccoc4)C[C@]3(C)[C@H]2C1=O. The van der Waals surface area contributed by atoms with E-state index in [0.29, 0.717) is 32.3 Å². The fourth-order valence-electron chi connectivity index (χ4n) is 6.51. The van der Waals surface area contributed by atoms with E-state index < -0.39 is 34.9 Å². The number of rotatable bonds is 4. The van der Waals surface area contributed by atoms with Crippen molar-refractivity contribution in [2.24, 2.45) is 28.6 Å². The van der Waals surface area contributed by atoms with Gasteiger partial charge in [-0.25, -0.2) is 0 Å². The van der Waals surface area contributed by atoms with E-state index in [1.165, 1.54) is 7.11 Å². The van der Waals surface area contributed by atoms with Crippen LogP contribution in [0.15, 0.2) is 23.0 Å². The Morgan fingerprint density at radius 2 is 2.03 bits per heavy atom. The van der Waals surface area contributed by atoms with Crippen LogP contribution in [0, 0.1) is 28.6 Å². The summed E-state index contributed by atoms with van der Waals surface area (Å²) in [5.41, 5.74) is -0.463. The fraction of sp³-hybridized carbons (Fsp3) is 0.696. The number of hydrogen-bond acceptors (Lipinski definition) is 7. The van der Waals surface area contributed by atoms with E-state index in [9.17, 15) is 14.4 Å². The Labute approximate surface area is 176 Å². The molecule has 7 atom stereocenters. The van der Waals surface area contributed by atoms with Crippen molar-refractivity contribution in [2.45, 2.75) is 58.7 Å². The van der Waals surface area contributed by atoms with Crippen LogP contribution in [0.25, 0.3) is 0 Å². The van der Waals surface area contributed by atoms with Gasteiger partial charge in [0.25, 0.3) is 0 Å². The van der Waals surface area contributed by atoms with Crippen molar-refractivity contribution in [3.63, 3.8) is 0 Å². The summed E-state index contributed by atoms with van der Waals surface area (Å²) >= 11 is 0. The van der Waals surface area contributed by atoms with E-state index in [-0.39, 0.29) is 23.6 Å². The van der Waals surface area contributed by atoms with Crippen molar-refractivity contribution >= 4 is 17.7 Å². The molecule has 2 heterocycles. The van der Waals surface area contributed by atoms with Crippen LogP contribution in [0.2, 0.25) is 0 Å². The number of Topliss-reactive ketones (excluding diaryl/α,β-unsaturated/α-hetero) is 1. The molecule has 2 saturated carbocycles. The minimum atomic E-state index is -0.668. The number of esters is 2. The second-order valence-electron chi connectivity index (χ2n) is 9.38. The molecule has 0 bridgehead atoms. The zero-order valence-corrected chi connectivity index (χ0v) is 18.0. The molecule has 2 aliphatic carbocycles. The normalized spacial score (nSPS) is 40.9. The molecule has 0 radical (unpaired) electrons. The predicted molar refractivity (Wildman–Crippen MR) is 105 cm³/mol. The average Bonchev–Trinajstić information content (AvgIpc) is 3.23. The lowest BCUT2D eigenvalue weighted by atomic mass is 9.43. The van der Waals surface area contributed by atoms with Crippen LogP contribution in [0.1, 0.15) is 58.1 Å². The second kappa shape index (κ2) is 7.52. The first-order valence-corrected chi connectivity index (χ1v) is 10.7. The van der Waals surface area contributed by atoms with E-state index in [2.05, 4.69) is 0 Å². The quantitative estimate of drug-likeness (QED) is 0.691. The van der Waals surface area contributed by atoms with Gasteiger partial charge in [0.05, 0.1) is 31.5 Å². The number of carbonyl (C=O) groups excluding carboxylic acids is 3. The lowest BCUT2D eigenvalue weighted by Crippen LogP contribution is -2.64. The molecule has 0 unspecified atom stereocenters. The first-order chi connectivity index (χ1) is 14.3. The number of ether oxygens (including phenoxy) is 3. The van der Waals surface area contributed by atoms with Gasteiger partial charge in [0.1, 0.15) is 12.2 Å². The molecule has 0 aromatic carbocycles. The molecular formula is C23H30O7. The van der Waals surface area contributed by atoms with Gasteiger partial charge >= 0.3 is 11.9 Å². The summed E-state index contributed by atoms with van der Waals surface area (Å²) in [6, 6.07) is 1.78. The molecule has 0 N–H and O–H groups in total. The Kier molecular flexibility index (Phi) is 5.29. The molecule has 1 aromatic heterocycles. The topological polar surface area (TPSA) is 92.0 Å². The molecule has 0 amide bonds. The molecule has 4 rings (SSSR count). The summed E-state index contributed by atoms with van der Waals surface area (Å²) in [4.78, 5) is 39.5. The van der Waals surface area contributed by atoms with Gasteiger partial charge in [-0.1, -0.05) is 13.8 Å². The number of fused-ring (bicyclic) bond motifs is 3. The third-order valence-corrected chi connectivity index (χ3v) is 7.87. The zero-order chi connectivity index (χ0) is 21.7. The van der Waals surface area contributed by atoms with Crippen molar-refractivity contribution < 1.29 is 33.0 Å². The van der Waals surface area contributed by atoms with Gasteiger partial charge in [-0.05, 0) is 49.5 Å². The molecule has 164 valence electrons. The van der Waals surface area contributed by atoms with Gasteiger partial charge in [-0.2, -0.15) is 0 Å². The van der Waals surface area contributed by atoms with Crippen LogP contribution in [-0.4, -0.2) is 37.5 Å². The highest BCUT2D eigenvalue weighted by atomic mass is 16.5. The standard InChI is InChI=1S/C23H30O7/c1-5-29-16-10-15(20(25)27-4)22(2)8-6-14-21(26)30-17(13-7-9-28-12-13)11-23(14,3)19(22)18(16)24/h7,9,12,14-17,19H,5-6,8,10-11H2,1-4H3/t14-,15-,16+,17-,19-,22-,23-/m0/s1. The van der Waals surface area contributed by atoms with Crippen molar-refractivity contribution in [2.75, 3.05) is 13.7 Å². The van der Waals surface area contributed by atoms with Crippen LogP contribution in [-0.2, 0) is 28.6 Å². The van der Waals surface area contributed by atoms with Gasteiger partial charge in [0, 0.05) is 18.1 Å². The van der Waals surface area contributed by atoms with Crippen LogP contribution < -0.4 is 0 Å². The summed E-state index contributed by atoms with van der Waals surface area (Å²) in [6.45, 7) is 6.24. The number of hydrogen-bond donors (Lipinski definition) is 0. The molecule has 0 spiro atoms. The van der Waals surface area contributed by atoms with Crippen LogP contribution >= 0.6 is 0 Å². The van der Waals surface area contributed by atoms with Crippen LogP contribution in [0.5, 0.6) is 0 Å². The molecular weight excluding hydrogens is 388 g/mol. The largest absolute Gasteiger partial charge is 0.472 e.